The number of amides is 1. The Balaban J connectivity index is 1.30. The molecule has 0 atom stereocenters. The summed E-state index contributed by atoms with van der Waals surface area (Å²) in [6.07, 6.45) is 3.74. The van der Waals surface area contributed by atoms with E-state index in [1.807, 2.05) is 30.1 Å². The zero-order chi connectivity index (χ0) is 21.1. The molecule has 1 aromatic heterocycles. The number of rotatable bonds is 5. The lowest BCUT2D eigenvalue weighted by atomic mass is 9.95. The molecule has 3 aromatic rings. The van der Waals surface area contributed by atoms with Crippen molar-refractivity contribution in [3.05, 3.63) is 71.5 Å². The van der Waals surface area contributed by atoms with E-state index < -0.39 is 0 Å². The van der Waals surface area contributed by atoms with Crippen molar-refractivity contribution in [1.82, 2.24) is 14.7 Å². The van der Waals surface area contributed by atoms with E-state index in [-0.39, 0.29) is 11.8 Å². The van der Waals surface area contributed by atoms with Crippen LogP contribution < -0.4 is 5.32 Å². The van der Waals surface area contributed by atoms with E-state index in [4.69, 9.17) is 0 Å². The average Bonchev–Trinajstić information content (AvgIpc) is 3.07. The summed E-state index contributed by atoms with van der Waals surface area (Å²) >= 11 is 0. The number of carbonyl (C=O) groups is 1. The molecule has 4 rings (SSSR count). The second-order valence-electron chi connectivity index (χ2n) is 8.37. The van der Waals surface area contributed by atoms with Crippen molar-refractivity contribution in [2.24, 2.45) is 13.0 Å². The lowest BCUT2D eigenvalue weighted by molar-refractivity contribution is -0.121. The van der Waals surface area contributed by atoms with Crippen LogP contribution in [-0.4, -0.2) is 33.7 Å². The van der Waals surface area contributed by atoms with E-state index in [0.717, 1.165) is 43.7 Å². The van der Waals surface area contributed by atoms with Gasteiger partial charge in [0.1, 0.15) is 0 Å². The number of aryl methyl sites for hydroxylation is 2. The number of hydrogen-bond acceptors (Lipinski definition) is 3. The molecule has 0 bridgehead atoms. The summed E-state index contributed by atoms with van der Waals surface area (Å²) in [5.74, 6) is 0.211. The number of piperidine rings is 1. The van der Waals surface area contributed by atoms with Crippen molar-refractivity contribution in [3.63, 3.8) is 0 Å². The second kappa shape index (κ2) is 8.84. The number of hydrogen-bond donors (Lipinski definition) is 1. The normalized spacial score (nSPS) is 15.3. The Labute approximate surface area is 178 Å². The molecule has 5 nitrogen and oxygen atoms in total. The zero-order valence-electron chi connectivity index (χ0n) is 18.1. The maximum absolute atomic E-state index is 12.7. The Morgan fingerprint density at radius 2 is 1.80 bits per heavy atom. The number of nitrogens with one attached hydrogen (secondary N) is 1. The smallest absolute Gasteiger partial charge is 0.227 e. The highest BCUT2D eigenvalue weighted by molar-refractivity contribution is 5.92. The molecule has 1 saturated heterocycles. The minimum atomic E-state index is 0.0766. The van der Waals surface area contributed by atoms with E-state index in [1.165, 1.54) is 22.4 Å². The standard InChI is InChI=1S/C25H30N4O/c1-18-5-4-6-22(15-18)20-7-9-24(10-8-20)27-25(30)21-11-13-29(14-12-21)17-23-16-26-28(3)19(23)2/h4-10,15-16,21H,11-14,17H2,1-3H3,(H,27,30). The molecule has 1 aliphatic heterocycles. The molecule has 0 unspecified atom stereocenters. The van der Waals surface area contributed by atoms with Gasteiger partial charge in [-0.1, -0.05) is 42.0 Å². The van der Waals surface area contributed by atoms with Gasteiger partial charge in [-0.15, -0.1) is 0 Å². The van der Waals surface area contributed by atoms with Crippen molar-refractivity contribution in [2.75, 3.05) is 18.4 Å². The van der Waals surface area contributed by atoms with Crippen molar-refractivity contribution in [1.29, 1.82) is 0 Å². The lowest BCUT2D eigenvalue weighted by Crippen LogP contribution is -2.37. The van der Waals surface area contributed by atoms with Crippen LogP contribution in [0.1, 0.15) is 29.7 Å². The summed E-state index contributed by atoms with van der Waals surface area (Å²) in [5, 5.41) is 7.44. The Kier molecular flexibility index (Phi) is 6.00. The first-order chi connectivity index (χ1) is 14.5. The van der Waals surface area contributed by atoms with Crippen LogP contribution in [0.4, 0.5) is 5.69 Å². The third-order valence-corrected chi connectivity index (χ3v) is 6.19. The first-order valence-corrected chi connectivity index (χ1v) is 10.7. The van der Waals surface area contributed by atoms with Crippen molar-refractivity contribution >= 4 is 11.6 Å². The van der Waals surface area contributed by atoms with Crippen LogP contribution in [0.3, 0.4) is 0 Å². The first kappa shape index (κ1) is 20.4. The molecule has 30 heavy (non-hydrogen) atoms. The van der Waals surface area contributed by atoms with E-state index in [0.29, 0.717) is 0 Å². The largest absolute Gasteiger partial charge is 0.326 e. The highest BCUT2D eigenvalue weighted by Gasteiger charge is 2.25. The molecule has 5 heteroatoms. The van der Waals surface area contributed by atoms with E-state index >= 15 is 0 Å². The second-order valence-corrected chi connectivity index (χ2v) is 8.37. The molecule has 1 N–H and O–H groups in total. The fourth-order valence-electron chi connectivity index (χ4n) is 4.11. The predicted molar refractivity (Wildman–Crippen MR) is 121 cm³/mol. The molecule has 1 aliphatic rings. The van der Waals surface area contributed by atoms with Gasteiger partial charge in [0.25, 0.3) is 0 Å². The quantitative estimate of drug-likeness (QED) is 0.681. The number of anilines is 1. The number of likely N-dealkylation sites (tertiary alicyclic amines) is 1. The van der Waals surface area contributed by atoms with Gasteiger partial charge < -0.3 is 5.32 Å². The number of benzene rings is 2. The maximum atomic E-state index is 12.7. The maximum Gasteiger partial charge on any atom is 0.227 e. The monoisotopic (exact) mass is 402 g/mol. The third-order valence-electron chi connectivity index (χ3n) is 6.19. The molecule has 1 amide bonds. The molecule has 156 valence electrons. The third kappa shape index (κ3) is 4.62. The van der Waals surface area contributed by atoms with Gasteiger partial charge in [-0.3, -0.25) is 14.4 Å². The molecule has 0 saturated carbocycles. The lowest BCUT2D eigenvalue weighted by Gasteiger charge is -2.31. The van der Waals surface area contributed by atoms with Gasteiger partial charge in [-0.25, -0.2) is 0 Å². The summed E-state index contributed by atoms with van der Waals surface area (Å²) < 4.78 is 1.92. The van der Waals surface area contributed by atoms with Gasteiger partial charge in [-0.2, -0.15) is 5.10 Å². The van der Waals surface area contributed by atoms with Gasteiger partial charge in [-0.05, 0) is 63.0 Å². The van der Waals surface area contributed by atoms with Crippen molar-refractivity contribution in [3.8, 4) is 11.1 Å². The van der Waals surface area contributed by atoms with E-state index in [1.54, 1.807) is 0 Å². The van der Waals surface area contributed by atoms with Gasteiger partial charge in [0.05, 0.1) is 6.20 Å². The number of aromatic nitrogens is 2. The first-order valence-electron chi connectivity index (χ1n) is 10.7. The van der Waals surface area contributed by atoms with Crippen LogP contribution in [0.5, 0.6) is 0 Å². The predicted octanol–water partition coefficient (Wildman–Crippen LogP) is 4.55. The SMILES string of the molecule is Cc1cccc(-c2ccc(NC(=O)C3CCN(Cc4cnn(C)c4C)CC3)cc2)c1. The Morgan fingerprint density at radius 3 is 2.43 bits per heavy atom. The number of nitrogens with zero attached hydrogens (tertiary/aromatic N) is 3. The Bertz CT molecular complexity index is 1010. The number of carbonyl (C=O) groups excluding carboxylic acids is 1. The van der Waals surface area contributed by atoms with E-state index in [9.17, 15) is 4.79 Å². The highest BCUT2D eigenvalue weighted by atomic mass is 16.1. The summed E-state index contributed by atoms with van der Waals surface area (Å²) in [4.78, 5) is 15.2. The molecule has 0 spiro atoms. The van der Waals surface area contributed by atoms with Gasteiger partial charge >= 0.3 is 0 Å². The topological polar surface area (TPSA) is 50.2 Å². The minimum absolute atomic E-state index is 0.0766. The highest BCUT2D eigenvalue weighted by Crippen LogP contribution is 2.24. The van der Waals surface area contributed by atoms with E-state index in [2.05, 4.69) is 65.6 Å². The average molecular weight is 403 g/mol. The van der Waals surface area contributed by atoms with Crippen LogP contribution in [0.25, 0.3) is 11.1 Å². The van der Waals surface area contributed by atoms with Crippen LogP contribution in [0.2, 0.25) is 0 Å². The summed E-state index contributed by atoms with van der Waals surface area (Å²) in [6.45, 7) is 7.00. The fourth-order valence-corrected chi connectivity index (χ4v) is 4.11. The summed E-state index contributed by atoms with van der Waals surface area (Å²) in [7, 11) is 1.98. The summed E-state index contributed by atoms with van der Waals surface area (Å²) in [6, 6.07) is 16.6. The molecule has 2 aromatic carbocycles. The molecule has 1 fully saturated rings. The van der Waals surface area contributed by atoms with Gasteiger partial charge in [0.15, 0.2) is 0 Å². The van der Waals surface area contributed by atoms with Crippen molar-refractivity contribution in [2.45, 2.75) is 33.2 Å². The molecular weight excluding hydrogens is 372 g/mol. The molecule has 0 radical (unpaired) electrons. The van der Waals surface area contributed by atoms with Crippen LogP contribution in [0, 0.1) is 19.8 Å². The summed E-state index contributed by atoms with van der Waals surface area (Å²) in [5.41, 5.74) is 6.96. The minimum Gasteiger partial charge on any atom is -0.326 e. The van der Waals surface area contributed by atoms with Gasteiger partial charge in [0, 0.05) is 36.5 Å². The van der Waals surface area contributed by atoms with Gasteiger partial charge in [0.2, 0.25) is 5.91 Å². The fraction of sp³-hybridized carbons (Fsp3) is 0.360. The van der Waals surface area contributed by atoms with Crippen LogP contribution >= 0.6 is 0 Å². The van der Waals surface area contributed by atoms with Crippen molar-refractivity contribution < 1.29 is 4.79 Å². The van der Waals surface area contributed by atoms with Crippen LogP contribution in [-0.2, 0) is 18.4 Å². The molecule has 2 heterocycles. The Morgan fingerprint density at radius 1 is 1.07 bits per heavy atom. The zero-order valence-corrected chi connectivity index (χ0v) is 18.1. The Hall–Kier alpha value is -2.92. The molecule has 0 aliphatic carbocycles. The molecular formula is C25H30N4O. The van der Waals surface area contributed by atoms with Crippen LogP contribution in [0.15, 0.2) is 54.7 Å².